The summed E-state index contributed by atoms with van der Waals surface area (Å²) in [5.41, 5.74) is 12.3. The fraction of sp³-hybridized carbons (Fsp3) is 0.200. The van der Waals surface area contributed by atoms with Crippen LogP contribution in [0.1, 0.15) is 24.5 Å². The Balaban J connectivity index is 0.000000464. The highest BCUT2D eigenvalue weighted by Gasteiger charge is 2.20. The molecule has 1 aliphatic rings. The number of carbonyl (C=O) groups excluding carboxylic acids is 1. The van der Waals surface area contributed by atoms with Gasteiger partial charge >= 0.3 is 0 Å². The number of anilines is 1. The molecule has 10 nitrogen and oxygen atoms in total. The number of aryl methyl sites for hydroxylation is 2. The number of fused-ring (bicyclic) bond motifs is 2. The molecule has 4 aromatic heterocycles. The minimum absolute atomic E-state index is 0.00463. The second-order valence-electron chi connectivity index (χ2n) is 8.15. The summed E-state index contributed by atoms with van der Waals surface area (Å²) in [7, 11) is 1.60. The number of benzene rings is 1. The van der Waals surface area contributed by atoms with E-state index >= 15 is 0 Å². The van der Waals surface area contributed by atoms with E-state index in [1.54, 1.807) is 25.6 Å². The van der Waals surface area contributed by atoms with Gasteiger partial charge in [-0.1, -0.05) is 6.07 Å². The number of hydrogen-bond acceptors (Lipinski definition) is 7. The highest BCUT2D eigenvalue weighted by molar-refractivity contribution is 5.83. The zero-order valence-electron chi connectivity index (χ0n) is 19.5. The number of rotatable bonds is 3. The van der Waals surface area contributed by atoms with Crippen LogP contribution in [0.4, 0.5) is 5.82 Å². The van der Waals surface area contributed by atoms with E-state index in [9.17, 15) is 4.79 Å². The lowest BCUT2D eigenvalue weighted by Crippen LogP contribution is -2.11. The summed E-state index contributed by atoms with van der Waals surface area (Å²) in [4.78, 5) is 25.2. The molecule has 0 radical (unpaired) electrons. The van der Waals surface area contributed by atoms with E-state index in [1.165, 1.54) is 29.3 Å². The summed E-state index contributed by atoms with van der Waals surface area (Å²) >= 11 is 0. The molecule has 10 heteroatoms. The number of pyridine rings is 2. The first kappa shape index (κ1) is 22.2. The summed E-state index contributed by atoms with van der Waals surface area (Å²) in [6.07, 6.45) is 8.36. The van der Waals surface area contributed by atoms with Gasteiger partial charge in [-0.05, 0) is 66.8 Å². The van der Waals surface area contributed by atoms with Gasteiger partial charge in [-0.25, -0.2) is 15.0 Å². The molecule has 4 heterocycles. The summed E-state index contributed by atoms with van der Waals surface area (Å²) in [5.74, 6) is 1.78. The van der Waals surface area contributed by atoms with Crippen LogP contribution in [0.5, 0.6) is 0 Å². The Morgan fingerprint density at radius 2 is 1.77 bits per heavy atom. The zero-order chi connectivity index (χ0) is 24.4. The number of hydrogen-bond donors (Lipinski definition) is 2. The van der Waals surface area contributed by atoms with Crippen molar-refractivity contribution in [3.8, 4) is 22.9 Å². The highest BCUT2D eigenvalue weighted by Crippen LogP contribution is 2.32. The summed E-state index contributed by atoms with van der Waals surface area (Å²) in [6, 6.07) is 14.2. The Bertz CT molecular complexity index is 1510. The topological polar surface area (TPSA) is 129 Å². The van der Waals surface area contributed by atoms with Gasteiger partial charge in [-0.15, -0.1) is 4.80 Å². The van der Waals surface area contributed by atoms with E-state index in [1.807, 2.05) is 28.8 Å². The predicted octanol–water partition coefficient (Wildman–Crippen LogP) is 2.89. The van der Waals surface area contributed by atoms with E-state index in [0.29, 0.717) is 17.5 Å². The number of nitrogens with two attached hydrogens (primary N) is 1. The first-order chi connectivity index (χ1) is 17.0. The van der Waals surface area contributed by atoms with Gasteiger partial charge < -0.3 is 11.1 Å². The molecule has 1 aliphatic carbocycles. The number of nitrogen functional groups attached to an aromatic ring is 1. The number of carbonyl (C=O) groups is 1. The molecule has 3 N–H and O–H groups in total. The lowest BCUT2D eigenvalue weighted by atomic mass is 10.1. The van der Waals surface area contributed by atoms with Crippen LogP contribution >= 0.6 is 0 Å². The molecule has 0 spiro atoms. The van der Waals surface area contributed by atoms with Crippen LogP contribution in [0.2, 0.25) is 0 Å². The molecule has 0 saturated carbocycles. The Morgan fingerprint density at radius 3 is 2.51 bits per heavy atom. The average Bonchev–Trinajstić information content (AvgIpc) is 3.63. The summed E-state index contributed by atoms with van der Waals surface area (Å²) in [6.45, 7) is 1.47. The first-order valence-corrected chi connectivity index (χ1v) is 11.3. The quantitative estimate of drug-likeness (QED) is 0.417. The SMILES string of the molecule is CNC(C)=O.Nc1ncccc1-c1nc2ccc(-n3nccn3)nc2n1-c1ccc2c(c1)CCC2. The fourth-order valence-electron chi connectivity index (χ4n) is 4.12. The van der Waals surface area contributed by atoms with Crippen LogP contribution in [0.3, 0.4) is 0 Å². The average molecular weight is 468 g/mol. The molecule has 0 saturated heterocycles. The fourth-order valence-corrected chi connectivity index (χ4v) is 4.12. The van der Waals surface area contributed by atoms with E-state index in [2.05, 4.69) is 38.7 Å². The molecule has 0 fully saturated rings. The molecular weight excluding hydrogens is 442 g/mol. The monoisotopic (exact) mass is 467 g/mol. The van der Waals surface area contributed by atoms with Crippen molar-refractivity contribution < 1.29 is 4.79 Å². The number of amides is 1. The lowest BCUT2D eigenvalue weighted by molar-refractivity contribution is -0.118. The van der Waals surface area contributed by atoms with Crippen molar-refractivity contribution >= 4 is 22.9 Å². The van der Waals surface area contributed by atoms with Crippen LogP contribution in [-0.2, 0) is 17.6 Å². The third-order valence-corrected chi connectivity index (χ3v) is 5.89. The Hall–Kier alpha value is -4.60. The highest BCUT2D eigenvalue weighted by atomic mass is 16.1. The summed E-state index contributed by atoms with van der Waals surface area (Å²) < 4.78 is 2.05. The minimum atomic E-state index is 0.00463. The van der Waals surface area contributed by atoms with Gasteiger partial charge in [0.1, 0.15) is 11.3 Å². The molecule has 6 rings (SSSR count). The van der Waals surface area contributed by atoms with Crippen LogP contribution in [0.15, 0.2) is 61.1 Å². The van der Waals surface area contributed by atoms with E-state index in [0.717, 1.165) is 35.3 Å². The second-order valence-corrected chi connectivity index (χ2v) is 8.15. The van der Waals surface area contributed by atoms with E-state index in [4.69, 9.17) is 15.7 Å². The normalized spacial score (nSPS) is 12.2. The molecule has 0 bridgehead atoms. The van der Waals surface area contributed by atoms with Gasteiger partial charge in [0.25, 0.3) is 0 Å². The molecule has 1 amide bonds. The smallest absolute Gasteiger partial charge is 0.216 e. The molecule has 5 aromatic rings. The standard InChI is InChI=1S/C22H18N8.C3H7NO/c23-20-17(5-2-10-24-20)21-27-18-8-9-19(30-25-11-12-26-30)28-22(18)29(21)16-7-6-14-3-1-4-15(14)13-16;1-3(5)4-2/h2,5-13H,1,3-4H2,(H2,23,24);1-2H3,(H,4,5). The molecule has 35 heavy (non-hydrogen) atoms. The molecular formula is C25H25N9O. The Labute approximate surface area is 201 Å². The van der Waals surface area contributed by atoms with Crippen molar-refractivity contribution in [1.29, 1.82) is 0 Å². The van der Waals surface area contributed by atoms with Crippen molar-refractivity contribution in [3.05, 3.63) is 72.2 Å². The van der Waals surface area contributed by atoms with Crippen LogP contribution < -0.4 is 11.1 Å². The van der Waals surface area contributed by atoms with Crippen LogP contribution in [-0.4, -0.2) is 47.5 Å². The van der Waals surface area contributed by atoms with Gasteiger partial charge in [-0.3, -0.25) is 9.36 Å². The lowest BCUT2D eigenvalue weighted by Gasteiger charge is -2.12. The van der Waals surface area contributed by atoms with Crippen molar-refractivity contribution in [1.82, 2.24) is 39.8 Å². The van der Waals surface area contributed by atoms with Crippen molar-refractivity contribution in [2.24, 2.45) is 0 Å². The number of imidazole rings is 1. The zero-order valence-corrected chi connectivity index (χ0v) is 19.5. The molecule has 0 aliphatic heterocycles. The van der Waals surface area contributed by atoms with E-state index < -0.39 is 0 Å². The van der Waals surface area contributed by atoms with Crippen molar-refractivity contribution in [2.45, 2.75) is 26.2 Å². The summed E-state index contributed by atoms with van der Waals surface area (Å²) in [5, 5.41) is 10.8. The first-order valence-electron chi connectivity index (χ1n) is 11.3. The van der Waals surface area contributed by atoms with Crippen LogP contribution in [0, 0.1) is 0 Å². The maximum atomic E-state index is 9.70. The van der Waals surface area contributed by atoms with Gasteiger partial charge in [0, 0.05) is 25.9 Å². The van der Waals surface area contributed by atoms with Crippen LogP contribution in [0.25, 0.3) is 34.1 Å². The maximum Gasteiger partial charge on any atom is 0.216 e. The number of aromatic nitrogens is 7. The Kier molecular flexibility index (Phi) is 5.92. The predicted molar refractivity (Wildman–Crippen MR) is 133 cm³/mol. The number of nitrogens with zero attached hydrogens (tertiary/aromatic N) is 7. The third kappa shape index (κ3) is 4.33. The molecule has 0 unspecified atom stereocenters. The molecule has 1 aromatic carbocycles. The van der Waals surface area contributed by atoms with Gasteiger partial charge in [0.15, 0.2) is 17.3 Å². The van der Waals surface area contributed by atoms with Gasteiger partial charge in [-0.2, -0.15) is 10.2 Å². The minimum Gasteiger partial charge on any atom is -0.383 e. The van der Waals surface area contributed by atoms with Gasteiger partial charge in [0.2, 0.25) is 5.91 Å². The molecule has 0 atom stereocenters. The van der Waals surface area contributed by atoms with E-state index in [-0.39, 0.29) is 5.91 Å². The third-order valence-electron chi connectivity index (χ3n) is 5.89. The largest absolute Gasteiger partial charge is 0.383 e. The van der Waals surface area contributed by atoms with Crippen molar-refractivity contribution in [3.63, 3.8) is 0 Å². The Morgan fingerprint density at radius 1 is 1.00 bits per heavy atom. The number of nitrogens with one attached hydrogen (secondary N) is 1. The van der Waals surface area contributed by atoms with Gasteiger partial charge in [0.05, 0.1) is 18.0 Å². The maximum absolute atomic E-state index is 9.70. The molecule has 176 valence electrons. The second kappa shape index (κ2) is 9.34. The van der Waals surface area contributed by atoms with Crippen molar-refractivity contribution in [2.75, 3.05) is 12.8 Å².